The number of fused-ring (bicyclic) bond motifs is 1. The fraction of sp³-hybridized carbons (Fsp3) is 0.500. The van der Waals surface area contributed by atoms with E-state index in [-0.39, 0.29) is 5.97 Å². The molecular weight excluding hydrogens is 327 g/mol. The number of benzene rings is 1. The number of carbonyl (C=O) groups is 1. The molecule has 0 saturated carbocycles. The van der Waals surface area contributed by atoms with Gasteiger partial charge in [-0.1, -0.05) is 6.07 Å². The number of hydrogen-bond donors (Lipinski definition) is 0. The van der Waals surface area contributed by atoms with Crippen LogP contribution in [0.3, 0.4) is 0 Å². The van der Waals surface area contributed by atoms with Crippen molar-refractivity contribution in [3.8, 4) is 0 Å². The molecule has 0 bridgehead atoms. The molecule has 0 N–H and O–H groups in total. The number of aryl methyl sites for hydroxylation is 1. The maximum atomic E-state index is 11.6. The highest BCUT2D eigenvalue weighted by Crippen LogP contribution is 2.34. The minimum atomic E-state index is -0.0658. The molecule has 2 nitrogen and oxygen atoms in total. The molecule has 1 aliphatic carbocycles. The Balaban J connectivity index is 2.14. The van der Waals surface area contributed by atoms with E-state index in [1.165, 1.54) is 21.1 Å². The Morgan fingerprint density at radius 1 is 1.53 bits per heavy atom. The molecule has 0 radical (unpaired) electrons. The summed E-state index contributed by atoms with van der Waals surface area (Å²) in [5.41, 5.74) is 2.77. The van der Waals surface area contributed by atoms with E-state index in [4.69, 9.17) is 4.74 Å². The minimum absolute atomic E-state index is 0.0658. The number of rotatable bonds is 3. The molecule has 3 heteroatoms. The van der Waals surface area contributed by atoms with Crippen LogP contribution in [0.4, 0.5) is 0 Å². The van der Waals surface area contributed by atoms with Gasteiger partial charge in [0.05, 0.1) is 13.0 Å². The van der Waals surface area contributed by atoms with Crippen LogP contribution in [0.25, 0.3) is 0 Å². The number of ether oxygens (including phenoxy) is 1. The molecule has 92 valence electrons. The molecule has 0 heterocycles. The zero-order valence-corrected chi connectivity index (χ0v) is 12.2. The first-order valence-corrected chi connectivity index (χ1v) is 7.22. The zero-order valence-electron chi connectivity index (χ0n) is 10.0. The van der Waals surface area contributed by atoms with Gasteiger partial charge in [-0.05, 0) is 78.0 Å². The van der Waals surface area contributed by atoms with Crippen LogP contribution in [0.5, 0.6) is 0 Å². The molecule has 1 aromatic rings. The average Bonchev–Trinajstić information content (AvgIpc) is 2.29. The molecule has 0 aromatic heterocycles. The van der Waals surface area contributed by atoms with Gasteiger partial charge in [-0.2, -0.15) is 0 Å². The van der Waals surface area contributed by atoms with E-state index in [1.54, 1.807) is 0 Å². The van der Waals surface area contributed by atoms with Crippen LogP contribution < -0.4 is 0 Å². The molecule has 1 aliphatic rings. The predicted molar refractivity (Wildman–Crippen MR) is 76.1 cm³/mol. The highest BCUT2D eigenvalue weighted by molar-refractivity contribution is 14.1. The monoisotopic (exact) mass is 344 g/mol. The molecule has 1 atom stereocenters. The summed E-state index contributed by atoms with van der Waals surface area (Å²) in [6, 6.07) is 6.55. The van der Waals surface area contributed by atoms with E-state index in [2.05, 4.69) is 40.8 Å². The van der Waals surface area contributed by atoms with Crippen molar-refractivity contribution in [3.63, 3.8) is 0 Å². The Labute approximate surface area is 116 Å². The van der Waals surface area contributed by atoms with E-state index in [0.29, 0.717) is 18.9 Å². The third-order valence-electron chi connectivity index (χ3n) is 3.26. The largest absolute Gasteiger partial charge is 0.466 e. The second kappa shape index (κ2) is 5.85. The molecule has 0 aliphatic heterocycles. The molecule has 0 fully saturated rings. The van der Waals surface area contributed by atoms with Crippen LogP contribution in [0.2, 0.25) is 0 Å². The molecule has 17 heavy (non-hydrogen) atoms. The third-order valence-corrected chi connectivity index (χ3v) is 3.93. The van der Waals surface area contributed by atoms with Gasteiger partial charge in [-0.25, -0.2) is 0 Å². The van der Waals surface area contributed by atoms with Gasteiger partial charge in [0, 0.05) is 3.57 Å². The summed E-state index contributed by atoms with van der Waals surface area (Å²) < 4.78 is 6.32. The minimum Gasteiger partial charge on any atom is -0.466 e. The normalized spacial score (nSPS) is 18.6. The van der Waals surface area contributed by atoms with E-state index >= 15 is 0 Å². The Morgan fingerprint density at radius 2 is 2.35 bits per heavy atom. The first-order valence-electron chi connectivity index (χ1n) is 6.14. The summed E-state index contributed by atoms with van der Waals surface area (Å²) >= 11 is 2.34. The van der Waals surface area contributed by atoms with Crippen LogP contribution >= 0.6 is 22.6 Å². The topological polar surface area (TPSA) is 26.3 Å². The summed E-state index contributed by atoms with van der Waals surface area (Å²) in [6.07, 6.45) is 3.95. The van der Waals surface area contributed by atoms with Crippen molar-refractivity contribution in [2.24, 2.45) is 0 Å². The van der Waals surface area contributed by atoms with Gasteiger partial charge in [0.1, 0.15) is 0 Å². The van der Waals surface area contributed by atoms with Gasteiger partial charge in [0.25, 0.3) is 0 Å². The number of hydrogen-bond acceptors (Lipinski definition) is 2. The SMILES string of the molecule is CCOC(=O)C[C@@H]1CCCc2cc(I)ccc21. The predicted octanol–water partition coefficient (Wildman–Crippen LogP) is 3.66. The smallest absolute Gasteiger partial charge is 0.306 e. The molecule has 0 spiro atoms. The first kappa shape index (κ1) is 12.9. The van der Waals surface area contributed by atoms with Crippen molar-refractivity contribution in [1.29, 1.82) is 0 Å². The highest BCUT2D eigenvalue weighted by atomic mass is 127. The van der Waals surface area contributed by atoms with E-state index in [9.17, 15) is 4.79 Å². The fourth-order valence-electron chi connectivity index (χ4n) is 2.52. The second-order valence-electron chi connectivity index (χ2n) is 4.44. The summed E-state index contributed by atoms with van der Waals surface area (Å²) in [4.78, 5) is 11.6. The van der Waals surface area contributed by atoms with Gasteiger partial charge in [0.15, 0.2) is 0 Å². The summed E-state index contributed by atoms with van der Waals surface area (Å²) in [6.45, 7) is 2.33. The molecule has 2 rings (SSSR count). The quantitative estimate of drug-likeness (QED) is 0.618. The van der Waals surface area contributed by atoms with E-state index in [0.717, 1.165) is 12.8 Å². The van der Waals surface area contributed by atoms with Crippen LogP contribution in [0.15, 0.2) is 18.2 Å². The van der Waals surface area contributed by atoms with Crippen molar-refractivity contribution in [1.82, 2.24) is 0 Å². The van der Waals surface area contributed by atoms with Crippen molar-refractivity contribution < 1.29 is 9.53 Å². The van der Waals surface area contributed by atoms with Crippen molar-refractivity contribution >= 4 is 28.6 Å². The Kier molecular flexibility index (Phi) is 4.42. The summed E-state index contributed by atoms with van der Waals surface area (Å²) in [5, 5.41) is 0. The van der Waals surface area contributed by atoms with E-state index in [1.807, 2.05) is 6.92 Å². The van der Waals surface area contributed by atoms with Gasteiger partial charge >= 0.3 is 5.97 Å². The van der Waals surface area contributed by atoms with Gasteiger partial charge in [0.2, 0.25) is 0 Å². The lowest BCUT2D eigenvalue weighted by atomic mass is 9.81. The van der Waals surface area contributed by atoms with Gasteiger partial charge in [-0.15, -0.1) is 0 Å². The lowest BCUT2D eigenvalue weighted by Gasteiger charge is -2.25. The maximum Gasteiger partial charge on any atom is 0.306 e. The lowest BCUT2D eigenvalue weighted by molar-refractivity contribution is -0.143. The zero-order chi connectivity index (χ0) is 12.3. The van der Waals surface area contributed by atoms with Crippen LogP contribution in [-0.2, 0) is 16.0 Å². The first-order chi connectivity index (χ1) is 8.20. The Bertz CT molecular complexity index is 415. The average molecular weight is 344 g/mol. The second-order valence-corrected chi connectivity index (χ2v) is 5.69. The van der Waals surface area contributed by atoms with E-state index < -0.39 is 0 Å². The van der Waals surface area contributed by atoms with Gasteiger partial charge < -0.3 is 4.74 Å². The van der Waals surface area contributed by atoms with Crippen LogP contribution in [0, 0.1) is 3.57 Å². The Morgan fingerprint density at radius 3 is 3.12 bits per heavy atom. The lowest BCUT2D eigenvalue weighted by Crippen LogP contribution is -2.15. The van der Waals surface area contributed by atoms with Crippen molar-refractivity contribution in [3.05, 3.63) is 32.9 Å². The molecule has 0 amide bonds. The fourth-order valence-corrected chi connectivity index (χ4v) is 3.07. The van der Waals surface area contributed by atoms with Crippen molar-refractivity contribution in [2.75, 3.05) is 6.61 Å². The number of halogens is 1. The third kappa shape index (κ3) is 3.21. The number of esters is 1. The summed E-state index contributed by atoms with van der Waals surface area (Å²) in [5.74, 6) is 0.290. The standard InChI is InChI=1S/C14H17IO2/c1-2-17-14(16)9-11-5-3-4-10-8-12(15)6-7-13(10)11/h6-8,11H,2-5,9H2,1H3/t11-/m0/s1. The van der Waals surface area contributed by atoms with Gasteiger partial charge in [-0.3, -0.25) is 4.79 Å². The Hall–Kier alpha value is -0.580. The molecule has 0 unspecified atom stereocenters. The number of carbonyl (C=O) groups excluding carboxylic acids is 1. The maximum absolute atomic E-state index is 11.6. The molecule has 1 aromatic carbocycles. The summed E-state index contributed by atoms with van der Waals surface area (Å²) in [7, 11) is 0. The van der Waals surface area contributed by atoms with Crippen LogP contribution in [0.1, 0.15) is 43.2 Å². The van der Waals surface area contributed by atoms with Crippen LogP contribution in [-0.4, -0.2) is 12.6 Å². The molecular formula is C14H17IO2. The highest BCUT2D eigenvalue weighted by Gasteiger charge is 2.23. The van der Waals surface area contributed by atoms with Crippen molar-refractivity contribution in [2.45, 2.75) is 38.5 Å². The molecule has 0 saturated heterocycles.